The number of nitrogens with two attached hydrogens (primary N) is 1. The molecule has 0 aliphatic carbocycles. The predicted molar refractivity (Wildman–Crippen MR) is 178 cm³/mol. The van der Waals surface area contributed by atoms with Gasteiger partial charge >= 0.3 is 0 Å². The minimum Gasteiger partial charge on any atom is -0.392 e. The number of aliphatic hydroxyl groups is 1. The predicted octanol–water partition coefficient (Wildman–Crippen LogP) is 5.01. The molecule has 0 radical (unpaired) electrons. The summed E-state index contributed by atoms with van der Waals surface area (Å²) in [5.41, 5.74) is 11.5. The summed E-state index contributed by atoms with van der Waals surface area (Å²) in [5, 5.41) is 12.8. The first-order chi connectivity index (χ1) is 22.6. The number of anilines is 1. The highest BCUT2D eigenvalue weighted by atomic mass is 16.7. The van der Waals surface area contributed by atoms with E-state index in [-0.39, 0.29) is 30.6 Å². The molecule has 238 valence electrons. The van der Waals surface area contributed by atoms with Crippen LogP contribution in [0.25, 0.3) is 0 Å². The Bertz CT molecular complexity index is 1590. The van der Waals surface area contributed by atoms with E-state index >= 15 is 0 Å². The summed E-state index contributed by atoms with van der Waals surface area (Å²) in [6.45, 7) is 3.26. The van der Waals surface area contributed by atoms with Gasteiger partial charge in [-0.1, -0.05) is 97.1 Å². The standard InChI is InChI=1S/C38H42N4O4/c39-23-27-11-17-31(18-12-27)36-45-33(34(29-7-3-1-4-8-29)35(46-36)30-15-13-28(25-43)14-16-30)24-41-21-19-38(20-22-41)37(44)40-26-42(38)32-9-5-2-6-10-32/h1-18,33-36,43H,19-26,39H2,(H,40,44). The largest absolute Gasteiger partial charge is 0.392 e. The van der Waals surface area contributed by atoms with Crippen LogP contribution in [-0.2, 0) is 27.4 Å². The Balaban J connectivity index is 1.19. The van der Waals surface area contributed by atoms with Gasteiger partial charge in [-0.3, -0.25) is 4.79 Å². The SMILES string of the molecule is NCc1ccc(C2OC(CN3CCC4(CC3)C(=O)NCN4c3ccccc3)C(c3ccccc3)C(c3ccc(CO)cc3)O2)cc1. The number of likely N-dealkylation sites (tertiary alicyclic amines) is 1. The Hall–Kier alpha value is -4.05. The molecule has 3 aliphatic rings. The molecule has 4 unspecified atom stereocenters. The van der Waals surface area contributed by atoms with Gasteiger partial charge in [0.15, 0.2) is 6.29 Å². The Morgan fingerprint density at radius 3 is 2.07 bits per heavy atom. The maximum atomic E-state index is 13.3. The van der Waals surface area contributed by atoms with Crippen LogP contribution >= 0.6 is 0 Å². The van der Waals surface area contributed by atoms with Crippen molar-refractivity contribution in [3.8, 4) is 0 Å². The summed E-state index contributed by atoms with van der Waals surface area (Å²) in [6.07, 6.45) is 0.448. The van der Waals surface area contributed by atoms with Gasteiger partial charge in [-0.15, -0.1) is 0 Å². The monoisotopic (exact) mass is 618 g/mol. The Labute approximate surface area is 270 Å². The zero-order valence-corrected chi connectivity index (χ0v) is 26.0. The van der Waals surface area contributed by atoms with Crippen LogP contribution in [-0.4, -0.2) is 53.9 Å². The summed E-state index contributed by atoms with van der Waals surface area (Å²) in [6, 6.07) is 36.9. The smallest absolute Gasteiger partial charge is 0.247 e. The lowest BCUT2D eigenvalue weighted by atomic mass is 9.82. The highest BCUT2D eigenvalue weighted by Crippen LogP contribution is 2.47. The Morgan fingerprint density at radius 1 is 0.783 bits per heavy atom. The van der Waals surface area contributed by atoms with Crippen LogP contribution in [0.1, 0.15) is 59.0 Å². The van der Waals surface area contributed by atoms with Crippen molar-refractivity contribution in [2.75, 3.05) is 31.2 Å². The first-order valence-electron chi connectivity index (χ1n) is 16.3. The molecule has 1 spiro atoms. The van der Waals surface area contributed by atoms with E-state index in [9.17, 15) is 9.90 Å². The number of carbonyl (C=O) groups is 1. The molecule has 0 aromatic heterocycles. The van der Waals surface area contributed by atoms with Crippen molar-refractivity contribution in [1.29, 1.82) is 0 Å². The summed E-state index contributed by atoms with van der Waals surface area (Å²) < 4.78 is 13.8. The van der Waals surface area contributed by atoms with E-state index in [1.54, 1.807) is 0 Å². The van der Waals surface area contributed by atoms with Gasteiger partial charge < -0.3 is 35.4 Å². The third-order valence-corrected chi connectivity index (χ3v) is 9.98. The number of amides is 1. The molecule has 1 amide bonds. The lowest BCUT2D eigenvalue weighted by Gasteiger charge is -2.47. The van der Waals surface area contributed by atoms with Crippen molar-refractivity contribution in [2.24, 2.45) is 5.73 Å². The highest BCUT2D eigenvalue weighted by Gasteiger charge is 2.51. The molecule has 4 aromatic rings. The second-order valence-corrected chi connectivity index (χ2v) is 12.6. The molecule has 4 atom stereocenters. The van der Waals surface area contributed by atoms with Crippen molar-refractivity contribution in [1.82, 2.24) is 10.2 Å². The minimum atomic E-state index is -0.565. The number of nitrogens with zero attached hydrogens (tertiary/aromatic N) is 2. The second-order valence-electron chi connectivity index (χ2n) is 12.6. The fourth-order valence-corrected chi connectivity index (χ4v) is 7.37. The molecule has 8 heteroatoms. The molecule has 0 saturated carbocycles. The fourth-order valence-electron chi connectivity index (χ4n) is 7.37. The van der Waals surface area contributed by atoms with Crippen LogP contribution in [0.5, 0.6) is 0 Å². The zero-order chi connectivity index (χ0) is 31.5. The molecule has 46 heavy (non-hydrogen) atoms. The number of hydrogen-bond donors (Lipinski definition) is 3. The van der Waals surface area contributed by atoms with Crippen LogP contribution in [0.2, 0.25) is 0 Å². The number of carbonyl (C=O) groups excluding carboxylic acids is 1. The third-order valence-electron chi connectivity index (χ3n) is 9.98. The number of nitrogens with one attached hydrogen (secondary N) is 1. The van der Waals surface area contributed by atoms with E-state index < -0.39 is 11.8 Å². The molecule has 7 rings (SSSR count). The molecule has 3 saturated heterocycles. The minimum absolute atomic E-state index is 0.00799. The van der Waals surface area contributed by atoms with Gasteiger partial charge in [-0.25, -0.2) is 0 Å². The van der Waals surface area contributed by atoms with E-state index in [1.165, 1.54) is 0 Å². The summed E-state index contributed by atoms with van der Waals surface area (Å²) in [5.74, 6) is 0.0417. The molecule has 4 aromatic carbocycles. The van der Waals surface area contributed by atoms with Crippen LogP contribution < -0.4 is 16.0 Å². The third kappa shape index (κ3) is 5.95. The molecular formula is C38H42N4O4. The number of piperidine rings is 1. The zero-order valence-electron chi connectivity index (χ0n) is 26.0. The van der Waals surface area contributed by atoms with E-state index in [2.05, 4.69) is 63.6 Å². The maximum absolute atomic E-state index is 13.3. The van der Waals surface area contributed by atoms with Gasteiger partial charge in [0.05, 0.1) is 25.5 Å². The number of benzene rings is 4. The fraction of sp³-hybridized carbons (Fsp3) is 0.342. The van der Waals surface area contributed by atoms with Gasteiger partial charge in [0.1, 0.15) is 5.54 Å². The van der Waals surface area contributed by atoms with Gasteiger partial charge in [-0.2, -0.15) is 0 Å². The lowest BCUT2D eigenvalue weighted by molar-refractivity contribution is -0.264. The van der Waals surface area contributed by atoms with Crippen LogP contribution in [0.15, 0.2) is 109 Å². The molecular weight excluding hydrogens is 576 g/mol. The molecule has 4 N–H and O–H groups in total. The molecule has 3 aliphatic heterocycles. The van der Waals surface area contributed by atoms with E-state index in [4.69, 9.17) is 15.2 Å². The van der Waals surface area contributed by atoms with Gasteiger partial charge in [0.2, 0.25) is 5.91 Å². The quantitative estimate of drug-likeness (QED) is 0.256. The molecule has 3 fully saturated rings. The highest BCUT2D eigenvalue weighted by molar-refractivity contribution is 5.93. The van der Waals surface area contributed by atoms with Gasteiger partial charge in [0.25, 0.3) is 0 Å². The average Bonchev–Trinajstić information content (AvgIpc) is 3.44. The number of hydrogen-bond acceptors (Lipinski definition) is 7. The Kier molecular flexibility index (Phi) is 8.88. The Morgan fingerprint density at radius 2 is 1.41 bits per heavy atom. The number of para-hydroxylation sites is 1. The van der Waals surface area contributed by atoms with Crippen molar-refractivity contribution >= 4 is 11.6 Å². The van der Waals surface area contributed by atoms with Crippen LogP contribution in [0.4, 0.5) is 5.69 Å². The van der Waals surface area contributed by atoms with Crippen molar-refractivity contribution in [3.05, 3.63) is 137 Å². The maximum Gasteiger partial charge on any atom is 0.247 e. The van der Waals surface area contributed by atoms with E-state index in [0.717, 1.165) is 59.4 Å². The van der Waals surface area contributed by atoms with Gasteiger partial charge in [-0.05, 0) is 47.2 Å². The summed E-state index contributed by atoms with van der Waals surface area (Å²) in [4.78, 5) is 18.0. The number of ether oxygens (including phenoxy) is 2. The van der Waals surface area contributed by atoms with Crippen LogP contribution in [0.3, 0.4) is 0 Å². The van der Waals surface area contributed by atoms with Crippen molar-refractivity contribution in [2.45, 2.75) is 55.9 Å². The first-order valence-corrected chi connectivity index (χ1v) is 16.3. The first kappa shape index (κ1) is 30.6. The number of rotatable bonds is 8. The lowest BCUT2D eigenvalue weighted by Crippen LogP contribution is -2.57. The normalized spacial score (nSPS) is 24.7. The average molecular weight is 619 g/mol. The second kappa shape index (κ2) is 13.4. The van der Waals surface area contributed by atoms with Crippen LogP contribution in [0, 0.1) is 0 Å². The summed E-state index contributed by atoms with van der Waals surface area (Å²) in [7, 11) is 0. The van der Waals surface area contributed by atoms with E-state index in [0.29, 0.717) is 19.8 Å². The topological polar surface area (TPSA) is 100 Å². The van der Waals surface area contributed by atoms with Crippen molar-refractivity contribution < 1.29 is 19.4 Å². The molecule has 8 nitrogen and oxygen atoms in total. The van der Waals surface area contributed by atoms with Crippen molar-refractivity contribution in [3.63, 3.8) is 0 Å². The molecule has 3 heterocycles. The molecule has 0 bridgehead atoms. The van der Waals surface area contributed by atoms with Gasteiger partial charge in [0, 0.05) is 43.3 Å². The summed E-state index contributed by atoms with van der Waals surface area (Å²) >= 11 is 0. The number of aliphatic hydroxyl groups excluding tert-OH is 1. The van der Waals surface area contributed by atoms with E-state index in [1.807, 2.05) is 60.7 Å².